The van der Waals surface area contributed by atoms with Crippen LogP contribution in [0.3, 0.4) is 0 Å². The number of nitrogens with one attached hydrogen (secondary N) is 2. The summed E-state index contributed by atoms with van der Waals surface area (Å²) in [5, 5.41) is 5.97. The topological polar surface area (TPSA) is 67.4 Å². The standard InChI is InChI=1S/C12H14Cl2N2O3/c1-19-7-11(17)15-4-5-16-12(18)9-3-2-8(13)6-10(9)14/h2-3,6H,4-5,7H2,1H3,(H,15,17)(H,16,18). The van der Waals surface area contributed by atoms with E-state index in [9.17, 15) is 9.59 Å². The van der Waals surface area contributed by atoms with Crippen molar-refractivity contribution in [3.05, 3.63) is 33.8 Å². The Morgan fingerprint density at radius 1 is 1.21 bits per heavy atom. The third kappa shape index (κ3) is 5.46. The Hall–Kier alpha value is -1.30. The summed E-state index contributed by atoms with van der Waals surface area (Å²) in [5.41, 5.74) is 0.342. The van der Waals surface area contributed by atoms with Gasteiger partial charge in [0.15, 0.2) is 0 Å². The molecule has 0 aliphatic rings. The molecule has 0 aliphatic carbocycles. The monoisotopic (exact) mass is 304 g/mol. The predicted molar refractivity (Wildman–Crippen MR) is 73.7 cm³/mol. The molecule has 1 aromatic carbocycles. The molecular weight excluding hydrogens is 291 g/mol. The number of amides is 2. The van der Waals surface area contributed by atoms with Crippen molar-refractivity contribution < 1.29 is 14.3 Å². The van der Waals surface area contributed by atoms with Crippen LogP contribution in [0.25, 0.3) is 0 Å². The summed E-state index contributed by atoms with van der Waals surface area (Å²) in [6.45, 7) is 0.614. The molecule has 0 aromatic heterocycles. The number of hydrogen-bond donors (Lipinski definition) is 2. The molecule has 104 valence electrons. The maximum Gasteiger partial charge on any atom is 0.252 e. The number of benzene rings is 1. The summed E-state index contributed by atoms with van der Waals surface area (Å²) in [7, 11) is 1.43. The van der Waals surface area contributed by atoms with Crippen molar-refractivity contribution in [1.82, 2.24) is 10.6 Å². The van der Waals surface area contributed by atoms with E-state index >= 15 is 0 Å². The van der Waals surface area contributed by atoms with Gasteiger partial charge in [0.1, 0.15) is 6.61 Å². The summed E-state index contributed by atoms with van der Waals surface area (Å²) in [6.07, 6.45) is 0. The van der Waals surface area contributed by atoms with Gasteiger partial charge in [-0.2, -0.15) is 0 Å². The molecule has 0 bridgehead atoms. The Balaban J connectivity index is 2.37. The molecule has 19 heavy (non-hydrogen) atoms. The van der Waals surface area contributed by atoms with Gasteiger partial charge in [0.25, 0.3) is 5.91 Å². The highest BCUT2D eigenvalue weighted by molar-refractivity contribution is 6.36. The van der Waals surface area contributed by atoms with E-state index in [1.807, 2.05) is 0 Å². The number of carbonyl (C=O) groups is 2. The van der Waals surface area contributed by atoms with Gasteiger partial charge in [-0.3, -0.25) is 9.59 Å². The van der Waals surface area contributed by atoms with Crippen LogP contribution in [-0.2, 0) is 9.53 Å². The highest BCUT2D eigenvalue weighted by Gasteiger charge is 2.10. The molecule has 0 spiro atoms. The smallest absolute Gasteiger partial charge is 0.252 e. The Bertz CT molecular complexity index is 466. The number of rotatable bonds is 6. The Kier molecular flexibility index (Phi) is 6.62. The van der Waals surface area contributed by atoms with Crippen LogP contribution in [0, 0.1) is 0 Å². The Morgan fingerprint density at radius 2 is 1.89 bits per heavy atom. The predicted octanol–water partition coefficient (Wildman–Crippen LogP) is 1.49. The van der Waals surface area contributed by atoms with Crippen molar-refractivity contribution in [1.29, 1.82) is 0 Å². The molecule has 0 radical (unpaired) electrons. The normalized spacial score (nSPS) is 10.1. The molecular formula is C12H14Cl2N2O3. The molecule has 0 saturated heterocycles. The first-order valence-corrected chi connectivity index (χ1v) is 6.29. The molecule has 0 unspecified atom stereocenters. The second kappa shape index (κ2) is 7.99. The quantitative estimate of drug-likeness (QED) is 0.782. The van der Waals surface area contributed by atoms with E-state index in [0.29, 0.717) is 23.7 Å². The fourth-order valence-corrected chi connectivity index (χ4v) is 1.82. The lowest BCUT2D eigenvalue weighted by Crippen LogP contribution is -2.36. The van der Waals surface area contributed by atoms with Crippen LogP contribution in [0.5, 0.6) is 0 Å². The molecule has 0 fully saturated rings. The van der Waals surface area contributed by atoms with Gasteiger partial charge < -0.3 is 15.4 Å². The lowest BCUT2D eigenvalue weighted by molar-refractivity contribution is -0.124. The van der Waals surface area contributed by atoms with E-state index in [-0.39, 0.29) is 23.4 Å². The van der Waals surface area contributed by atoms with E-state index in [1.165, 1.54) is 13.2 Å². The second-order valence-corrected chi connectivity index (χ2v) is 4.51. The van der Waals surface area contributed by atoms with Gasteiger partial charge in [0.2, 0.25) is 5.91 Å². The summed E-state index contributed by atoms with van der Waals surface area (Å²) < 4.78 is 4.65. The molecule has 1 rings (SSSR count). The van der Waals surface area contributed by atoms with Crippen molar-refractivity contribution in [2.75, 3.05) is 26.8 Å². The summed E-state index contributed by atoms with van der Waals surface area (Å²) >= 11 is 11.6. The minimum absolute atomic E-state index is 0.00302. The van der Waals surface area contributed by atoms with Crippen LogP contribution in [0.2, 0.25) is 10.0 Å². The third-order valence-electron chi connectivity index (χ3n) is 2.18. The summed E-state index contributed by atoms with van der Waals surface area (Å²) in [5.74, 6) is -0.552. The Morgan fingerprint density at radius 3 is 2.53 bits per heavy atom. The van der Waals surface area contributed by atoms with Crippen molar-refractivity contribution in [3.8, 4) is 0 Å². The minimum atomic E-state index is -0.317. The van der Waals surface area contributed by atoms with Crippen molar-refractivity contribution >= 4 is 35.0 Å². The number of hydrogen-bond acceptors (Lipinski definition) is 3. The second-order valence-electron chi connectivity index (χ2n) is 3.66. The average molecular weight is 305 g/mol. The van der Waals surface area contributed by atoms with Crippen LogP contribution in [0.4, 0.5) is 0 Å². The highest BCUT2D eigenvalue weighted by atomic mass is 35.5. The van der Waals surface area contributed by atoms with E-state index in [2.05, 4.69) is 15.4 Å². The number of methoxy groups -OCH3 is 1. The van der Waals surface area contributed by atoms with Crippen LogP contribution in [-0.4, -0.2) is 38.6 Å². The van der Waals surface area contributed by atoms with E-state index in [1.54, 1.807) is 12.1 Å². The molecule has 2 amide bonds. The molecule has 0 heterocycles. The van der Waals surface area contributed by atoms with Crippen molar-refractivity contribution in [2.24, 2.45) is 0 Å². The first-order valence-electron chi connectivity index (χ1n) is 5.53. The lowest BCUT2D eigenvalue weighted by atomic mass is 10.2. The third-order valence-corrected chi connectivity index (χ3v) is 2.73. The van der Waals surface area contributed by atoms with Gasteiger partial charge in [0.05, 0.1) is 10.6 Å². The molecule has 0 aliphatic heterocycles. The first kappa shape index (κ1) is 15.8. The number of ether oxygens (including phenoxy) is 1. The first-order chi connectivity index (χ1) is 9.04. The number of halogens is 2. The van der Waals surface area contributed by atoms with Crippen molar-refractivity contribution in [3.63, 3.8) is 0 Å². The zero-order valence-corrected chi connectivity index (χ0v) is 11.8. The maximum absolute atomic E-state index is 11.8. The minimum Gasteiger partial charge on any atom is -0.375 e. The maximum atomic E-state index is 11.8. The summed E-state index contributed by atoms with van der Waals surface area (Å²) in [4.78, 5) is 22.8. The zero-order chi connectivity index (χ0) is 14.3. The molecule has 0 atom stereocenters. The fraction of sp³-hybridized carbons (Fsp3) is 0.333. The highest BCUT2D eigenvalue weighted by Crippen LogP contribution is 2.20. The van der Waals surface area contributed by atoms with E-state index in [4.69, 9.17) is 23.2 Å². The Labute approximate surface area is 121 Å². The van der Waals surface area contributed by atoms with Gasteiger partial charge in [0, 0.05) is 25.2 Å². The van der Waals surface area contributed by atoms with Crippen LogP contribution in [0.15, 0.2) is 18.2 Å². The van der Waals surface area contributed by atoms with Crippen LogP contribution in [0.1, 0.15) is 10.4 Å². The lowest BCUT2D eigenvalue weighted by Gasteiger charge is -2.08. The van der Waals surface area contributed by atoms with Crippen molar-refractivity contribution in [2.45, 2.75) is 0 Å². The molecule has 0 saturated carbocycles. The zero-order valence-electron chi connectivity index (χ0n) is 10.3. The van der Waals surface area contributed by atoms with E-state index in [0.717, 1.165) is 0 Å². The molecule has 5 nitrogen and oxygen atoms in total. The molecule has 7 heteroatoms. The average Bonchev–Trinajstić information content (AvgIpc) is 2.34. The SMILES string of the molecule is COCC(=O)NCCNC(=O)c1ccc(Cl)cc1Cl. The summed E-state index contributed by atoms with van der Waals surface area (Å²) in [6, 6.07) is 4.63. The van der Waals surface area contributed by atoms with Gasteiger partial charge in [-0.05, 0) is 18.2 Å². The largest absolute Gasteiger partial charge is 0.375 e. The van der Waals surface area contributed by atoms with E-state index < -0.39 is 0 Å². The number of carbonyl (C=O) groups excluding carboxylic acids is 2. The van der Waals surface area contributed by atoms with Crippen LogP contribution >= 0.6 is 23.2 Å². The van der Waals surface area contributed by atoms with Gasteiger partial charge in [-0.1, -0.05) is 23.2 Å². The van der Waals surface area contributed by atoms with Crippen LogP contribution < -0.4 is 10.6 Å². The fourth-order valence-electron chi connectivity index (χ4n) is 1.33. The van der Waals surface area contributed by atoms with Gasteiger partial charge in [-0.15, -0.1) is 0 Å². The van der Waals surface area contributed by atoms with Gasteiger partial charge in [-0.25, -0.2) is 0 Å². The molecule has 1 aromatic rings. The van der Waals surface area contributed by atoms with Gasteiger partial charge >= 0.3 is 0 Å². The molecule has 2 N–H and O–H groups in total.